The number of rotatable bonds is 54. The van der Waals surface area contributed by atoms with Crippen LogP contribution in [0.2, 0.25) is 0 Å². The predicted molar refractivity (Wildman–Crippen MR) is 307 cm³/mol. The van der Waals surface area contributed by atoms with Gasteiger partial charge in [0.25, 0.3) is 0 Å². The molecule has 0 saturated heterocycles. The summed E-state index contributed by atoms with van der Waals surface area (Å²) in [5, 5.41) is 9.80. The van der Waals surface area contributed by atoms with Gasteiger partial charge in [-0.3, -0.25) is 23.4 Å². The summed E-state index contributed by atoms with van der Waals surface area (Å²) in [4.78, 5) is 48.5. The standard InChI is InChI=1S/C62H107O11P/c1-4-7-10-13-16-19-22-24-26-28-29-31-33-35-38-41-44-47-50-53-62(66)73-59(55-69-60(64)51-48-45-42-39-37-34-32-30-27-25-23-20-17-14-11-8-5-2)57-71-74(67,68)70-56-58(54-63)72-61(65)52-49-46-43-40-36-21-18-15-12-9-6-3/h8,11,15-20,24-27,29,31,58-59,63H,4-7,9-10,12-14,21-23,28,30,32-57H2,1-3H3,(H,67,68)/b11-8-,18-15-,19-16-,20-17-,26-24-,27-25-,31-29-. The lowest BCUT2D eigenvalue weighted by molar-refractivity contribution is -0.161. The number of hydrogen-bond acceptors (Lipinski definition) is 10. The maximum absolute atomic E-state index is 12.9. The molecule has 74 heavy (non-hydrogen) atoms. The molecule has 0 bridgehead atoms. The Kier molecular flexibility index (Phi) is 53.4. The van der Waals surface area contributed by atoms with E-state index in [0.29, 0.717) is 19.3 Å². The smallest absolute Gasteiger partial charge is 0.462 e. The molecule has 0 amide bonds. The van der Waals surface area contributed by atoms with Crippen LogP contribution in [0.4, 0.5) is 0 Å². The van der Waals surface area contributed by atoms with Crippen molar-refractivity contribution in [3.8, 4) is 0 Å². The molecule has 0 rings (SSSR count). The summed E-state index contributed by atoms with van der Waals surface area (Å²) in [6, 6.07) is 0. The number of unbranched alkanes of at least 4 members (excludes halogenated alkanes) is 23. The monoisotopic (exact) mass is 1060 g/mol. The Bertz CT molecular complexity index is 1560. The van der Waals surface area contributed by atoms with Gasteiger partial charge >= 0.3 is 25.7 Å². The highest BCUT2D eigenvalue weighted by Crippen LogP contribution is 2.43. The topological polar surface area (TPSA) is 155 Å². The van der Waals surface area contributed by atoms with E-state index in [4.69, 9.17) is 23.3 Å². The third-order valence-electron chi connectivity index (χ3n) is 12.3. The molecular formula is C62H107O11P. The normalized spacial score (nSPS) is 14.0. The molecule has 0 aliphatic heterocycles. The van der Waals surface area contributed by atoms with Crippen LogP contribution in [0.3, 0.4) is 0 Å². The van der Waals surface area contributed by atoms with Gasteiger partial charge in [0.15, 0.2) is 6.10 Å². The SMILES string of the molecule is CC/C=C\C/C=C\C/C=C\CCCCCCCCCC(=O)OCC(COP(=O)(O)OCC(CO)OC(=O)CCCCCCC/C=C\CCCC)OC(=O)CCCCCCCC/C=C\C/C=C\C/C=C\CCCCC. The van der Waals surface area contributed by atoms with Gasteiger partial charge in [-0.05, 0) is 109 Å². The summed E-state index contributed by atoms with van der Waals surface area (Å²) >= 11 is 0. The Morgan fingerprint density at radius 1 is 0.392 bits per heavy atom. The first-order valence-electron chi connectivity index (χ1n) is 29.5. The Balaban J connectivity index is 4.77. The van der Waals surface area contributed by atoms with Crippen LogP contribution in [-0.4, -0.2) is 66.5 Å². The lowest BCUT2D eigenvalue weighted by Crippen LogP contribution is -2.30. The van der Waals surface area contributed by atoms with Crippen molar-refractivity contribution in [1.29, 1.82) is 0 Å². The molecule has 0 aliphatic rings. The quantitative estimate of drug-likeness (QED) is 0.0197. The zero-order valence-electron chi connectivity index (χ0n) is 47.0. The Morgan fingerprint density at radius 2 is 0.716 bits per heavy atom. The average molecular weight is 1060 g/mol. The fraction of sp³-hybridized carbons (Fsp3) is 0.726. The minimum Gasteiger partial charge on any atom is -0.462 e. The highest BCUT2D eigenvalue weighted by atomic mass is 31.2. The molecule has 3 unspecified atom stereocenters. The Labute approximate surface area is 451 Å². The lowest BCUT2D eigenvalue weighted by Gasteiger charge is -2.21. The molecule has 0 aromatic heterocycles. The van der Waals surface area contributed by atoms with Crippen molar-refractivity contribution in [2.45, 2.75) is 264 Å². The van der Waals surface area contributed by atoms with E-state index in [2.05, 4.69) is 106 Å². The van der Waals surface area contributed by atoms with Crippen LogP contribution in [0.25, 0.3) is 0 Å². The first-order valence-corrected chi connectivity index (χ1v) is 31.0. The number of allylic oxidation sites excluding steroid dienone is 14. The maximum atomic E-state index is 12.9. The fourth-order valence-electron chi connectivity index (χ4n) is 7.77. The van der Waals surface area contributed by atoms with Crippen molar-refractivity contribution in [3.63, 3.8) is 0 Å². The van der Waals surface area contributed by atoms with E-state index >= 15 is 0 Å². The van der Waals surface area contributed by atoms with E-state index in [-0.39, 0.29) is 25.9 Å². The summed E-state index contributed by atoms with van der Waals surface area (Å²) in [7, 11) is -4.76. The number of aliphatic hydroxyl groups is 1. The first-order chi connectivity index (χ1) is 36.2. The van der Waals surface area contributed by atoms with E-state index in [9.17, 15) is 28.9 Å². The van der Waals surface area contributed by atoms with E-state index in [1.807, 2.05) is 0 Å². The largest absolute Gasteiger partial charge is 0.472 e. The van der Waals surface area contributed by atoms with E-state index in [0.717, 1.165) is 141 Å². The molecule has 0 fully saturated rings. The molecule has 0 heterocycles. The van der Waals surface area contributed by atoms with Crippen molar-refractivity contribution in [2.24, 2.45) is 0 Å². The molecule has 426 valence electrons. The summed E-state index contributed by atoms with van der Waals surface area (Å²) in [6.45, 7) is 4.44. The molecule has 0 aliphatic carbocycles. The third-order valence-corrected chi connectivity index (χ3v) is 13.2. The van der Waals surface area contributed by atoms with Crippen LogP contribution < -0.4 is 0 Å². The number of phosphoric acid groups is 1. The highest BCUT2D eigenvalue weighted by Gasteiger charge is 2.28. The second-order valence-electron chi connectivity index (χ2n) is 19.4. The molecule has 2 N–H and O–H groups in total. The molecular weight excluding hydrogens is 952 g/mol. The van der Waals surface area contributed by atoms with E-state index in [1.165, 1.54) is 51.4 Å². The minimum absolute atomic E-state index is 0.148. The van der Waals surface area contributed by atoms with Gasteiger partial charge in [-0.1, -0.05) is 209 Å². The van der Waals surface area contributed by atoms with Gasteiger partial charge in [-0.25, -0.2) is 4.57 Å². The zero-order chi connectivity index (χ0) is 54.1. The number of carbonyl (C=O) groups is 3. The van der Waals surface area contributed by atoms with Crippen molar-refractivity contribution in [1.82, 2.24) is 0 Å². The van der Waals surface area contributed by atoms with Crippen LogP contribution in [0.5, 0.6) is 0 Å². The van der Waals surface area contributed by atoms with Crippen LogP contribution >= 0.6 is 7.82 Å². The first kappa shape index (κ1) is 70.7. The summed E-state index contributed by atoms with van der Waals surface area (Å²) in [6.07, 6.45) is 63.9. The van der Waals surface area contributed by atoms with Crippen molar-refractivity contribution in [2.75, 3.05) is 26.4 Å². The van der Waals surface area contributed by atoms with Crippen molar-refractivity contribution < 1.29 is 52.2 Å². The molecule has 11 nitrogen and oxygen atoms in total. The van der Waals surface area contributed by atoms with Crippen LogP contribution in [0, 0.1) is 0 Å². The van der Waals surface area contributed by atoms with Gasteiger partial charge in [0.2, 0.25) is 0 Å². The molecule has 0 saturated carbocycles. The number of aliphatic hydroxyl groups excluding tert-OH is 1. The van der Waals surface area contributed by atoms with Crippen molar-refractivity contribution in [3.05, 3.63) is 85.1 Å². The molecule has 0 spiro atoms. The molecule has 3 atom stereocenters. The number of carbonyl (C=O) groups excluding carboxylic acids is 3. The number of esters is 3. The number of hydrogen-bond donors (Lipinski definition) is 2. The van der Waals surface area contributed by atoms with Gasteiger partial charge in [-0.15, -0.1) is 0 Å². The van der Waals surface area contributed by atoms with Gasteiger partial charge in [0, 0.05) is 19.3 Å². The highest BCUT2D eigenvalue weighted by molar-refractivity contribution is 7.47. The van der Waals surface area contributed by atoms with E-state index in [1.54, 1.807) is 0 Å². The van der Waals surface area contributed by atoms with E-state index < -0.39 is 57.8 Å². The van der Waals surface area contributed by atoms with Gasteiger partial charge < -0.3 is 24.2 Å². The predicted octanol–water partition coefficient (Wildman–Crippen LogP) is 17.5. The summed E-state index contributed by atoms with van der Waals surface area (Å²) in [5.41, 5.74) is 0. The third kappa shape index (κ3) is 53.5. The second-order valence-corrected chi connectivity index (χ2v) is 20.9. The lowest BCUT2D eigenvalue weighted by atomic mass is 10.1. The van der Waals surface area contributed by atoms with Crippen LogP contribution in [0.1, 0.15) is 252 Å². The molecule has 0 aromatic rings. The molecule has 0 aromatic carbocycles. The van der Waals surface area contributed by atoms with Gasteiger partial charge in [0.05, 0.1) is 19.8 Å². The molecule has 12 heteroatoms. The van der Waals surface area contributed by atoms with Crippen molar-refractivity contribution >= 4 is 25.7 Å². The summed E-state index contributed by atoms with van der Waals surface area (Å²) < 4.78 is 39.5. The van der Waals surface area contributed by atoms with Gasteiger partial charge in [0.1, 0.15) is 12.7 Å². The number of phosphoric ester groups is 1. The second kappa shape index (κ2) is 55.9. The number of ether oxygens (including phenoxy) is 3. The van der Waals surface area contributed by atoms with Crippen LogP contribution in [-0.2, 0) is 42.2 Å². The van der Waals surface area contributed by atoms with Crippen LogP contribution in [0.15, 0.2) is 85.1 Å². The summed E-state index contributed by atoms with van der Waals surface area (Å²) in [5.74, 6) is -1.50. The Morgan fingerprint density at radius 3 is 1.14 bits per heavy atom. The zero-order valence-corrected chi connectivity index (χ0v) is 47.9. The Hall–Kier alpha value is -3.34. The minimum atomic E-state index is -4.76. The fourth-order valence-corrected chi connectivity index (χ4v) is 8.55. The maximum Gasteiger partial charge on any atom is 0.472 e. The van der Waals surface area contributed by atoms with Gasteiger partial charge in [-0.2, -0.15) is 0 Å². The average Bonchev–Trinajstić information content (AvgIpc) is 3.39. The molecule has 0 radical (unpaired) electrons.